The summed E-state index contributed by atoms with van der Waals surface area (Å²) in [6, 6.07) is 10.4. The van der Waals surface area contributed by atoms with E-state index in [-0.39, 0.29) is 17.3 Å². The van der Waals surface area contributed by atoms with E-state index < -0.39 is 11.9 Å². The number of hydrogen-bond donors (Lipinski definition) is 0. The molecule has 1 aliphatic rings. The molecule has 0 aliphatic carbocycles. The van der Waals surface area contributed by atoms with Gasteiger partial charge in [0.25, 0.3) is 5.91 Å². The normalized spacial score (nSPS) is 15.5. The summed E-state index contributed by atoms with van der Waals surface area (Å²) in [7, 11) is 0. The summed E-state index contributed by atoms with van der Waals surface area (Å²) in [5, 5.41) is 9.89. The molecule has 0 N–H and O–H groups in total. The molecule has 0 saturated heterocycles. The first kappa shape index (κ1) is 21.3. The van der Waals surface area contributed by atoms with Gasteiger partial charge in [-0.2, -0.15) is 0 Å². The second-order valence-corrected chi connectivity index (χ2v) is 9.69. The van der Waals surface area contributed by atoms with E-state index in [1.807, 2.05) is 71.0 Å². The molecular formula is C25H23N3O4S. The summed E-state index contributed by atoms with van der Waals surface area (Å²) in [4.78, 5) is 28.9. The largest absolute Gasteiger partial charge is 0.491 e. The Hall–Kier alpha value is -3.52. The molecule has 4 aromatic rings. The molecule has 1 amide bonds. The first-order valence-corrected chi connectivity index (χ1v) is 11.5. The van der Waals surface area contributed by atoms with Gasteiger partial charge in [-0.15, -0.1) is 10.2 Å². The standard InChI is InChI=1S/C25H23N3O4S/c1-12(2)31-17-8-6-7-16(11-17)21-20-22(29)18-9-13(3)14(4)10-19(18)32-23(20)24(30)28(21)25-27-26-15(5)33-25/h6-12,21H,1-5H3. The van der Waals surface area contributed by atoms with E-state index in [9.17, 15) is 9.59 Å². The van der Waals surface area contributed by atoms with Gasteiger partial charge in [-0.3, -0.25) is 14.5 Å². The number of aromatic nitrogens is 2. The summed E-state index contributed by atoms with van der Waals surface area (Å²) in [5.74, 6) is 0.302. The summed E-state index contributed by atoms with van der Waals surface area (Å²) < 4.78 is 11.9. The predicted octanol–water partition coefficient (Wildman–Crippen LogP) is 5.11. The van der Waals surface area contributed by atoms with Crippen molar-refractivity contribution in [2.75, 3.05) is 4.90 Å². The predicted molar refractivity (Wildman–Crippen MR) is 127 cm³/mol. The number of benzene rings is 2. The van der Waals surface area contributed by atoms with Crippen LogP contribution in [0.15, 0.2) is 45.6 Å². The fraction of sp³-hybridized carbons (Fsp3) is 0.280. The highest BCUT2D eigenvalue weighted by molar-refractivity contribution is 7.15. The van der Waals surface area contributed by atoms with Crippen molar-refractivity contribution in [2.45, 2.75) is 46.8 Å². The highest BCUT2D eigenvalue weighted by atomic mass is 32.1. The number of nitrogens with zero attached hydrogens (tertiary/aromatic N) is 3. The van der Waals surface area contributed by atoms with Crippen molar-refractivity contribution in [1.29, 1.82) is 0 Å². The summed E-state index contributed by atoms with van der Waals surface area (Å²) in [6.45, 7) is 9.62. The highest BCUT2D eigenvalue weighted by Gasteiger charge is 2.45. The average Bonchev–Trinajstić information content (AvgIpc) is 3.30. The van der Waals surface area contributed by atoms with Crippen LogP contribution in [-0.4, -0.2) is 22.2 Å². The Kier molecular flexibility index (Phi) is 5.05. The fourth-order valence-electron chi connectivity index (χ4n) is 4.15. The lowest BCUT2D eigenvalue weighted by atomic mass is 9.97. The Bertz CT molecular complexity index is 1470. The number of carbonyl (C=O) groups excluding carboxylic acids is 1. The van der Waals surface area contributed by atoms with Gasteiger partial charge in [-0.1, -0.05) is 23.5 Å². The summed E-state index contributed by atoms with van der Waals surface area (Å²) >= 11 is 1.30. The Morgan fingerprint density at radius 3 is 2.52 bits per heavy atom. The number of hydrogen-bond acceptors (Lipinski definition) is 7. The van der Waals surface area contributed by atoms with E-state index in [1.165, 1.54) is 16.2 Å². The molecule has 8 heteroatoms. The van der Waals surface area contributed by atoms with E-state index in [0.29, 0.717) is 27.4 Å². The van der Waals surface area contributed by atoms with Crippen molar-refractivity contribution in [3.05, 3.63) is 79.6 Å². The summed E-state index contributed by atoms with van der Waals surface area (Å²) in [5.41, 5.74) is 3.21. The van der Waals surface area contributed by atoms with Crippen LogP contribution in [-0.2, 0) is 0 Å². The molecule has 2 aromatic carbocycles. The quantitative estimate of drug-likeness (QED) is 0.420. The first-order chi connectivity index (χ1) is 15.7. The van der Waals surface area contributed by atoms with Gasteiger partial charge in [0.1, 0.15) is 16.3 Å². The Balaban J connectivity index is 1.78. The Morgan fingerprint density at radius 2 is 1.82 bits per heavy atom. The smallest absolute Gasteiger partial charge is 0.297 e. The molecule has 2 aromatic heterocycles. The van der Waals surface area contributed by atoms with Crippen LogP contribution in [0.5, 0.6) is 5.75 Å². The molecule has 0 radical (unpaired) electrons. The van der Waals surface area contributed by atoms with E-state index in [1.54, 1.807) is 0 Å². The molecule has 0 bridgehead atoms. The molecule has 3 heterocycles. The van der Waals surface area contributed by atoms with Crippen molar-refractivity contribution in [1.82, 2.24) is 10.2 Å². The van der Waals surface area contributed by atoms with Crippen molar-refractivity contribution in [3.63, 3.8) is 0 Å². The van der Waals surface area contributed by atoms with Crippen LogP contribution < -0.4 is 15.1 Å². The molecule has 168 valence electrons. The maximum atomic E-state index is 13.8. The number of carbonyl (C=O) groups is 1. The first-order valence-electron chi connectivity index (χ1n) is 10.7. The molecule has 1 aliphatic heterocycles. The van der Waals surface area contributed by atoms with Gasteiger partial charge in [0.2, 0.25) is 10.9 Å². The van der Waals surface area contributed by atoms with Gasteiger partial charge < -0.3 is 9.15 Å². The molecule has 7 nitrogen and oxygen atoms in total. The minimum atomic E-state index is -0.696. The second-order valence-electron chi connectivity index (χ2n) is 8.53. The van der Waals surface area contributed by atoms with Gasteiger partial charge >= 0.3 is 0 Å². The third-order valence-electron chi connectivity index (χ3n) is 5.75. The van der Waals surface area contributed by atoms with Gasteiger partial charge in [0, 0.05) is 0 Å². The third-order valence-corrected chi connectivity index (χ3v) is 6.59. The molecule has 33 heavy (non-hydrogen) atoms. The lowest BCUT2D eigenvalue weighted by molar-refractivity contribution is 0.0970. The van der Waals surface area contributed by atoms with E-state index in [2.05, 4.69) is 10.2 Å². The van der Waals surface area contributed by atoms with Crippen LogP contribution in [0, 0.1) is 20.8 Å². The maximum Gasteiger partial charge on any atom is 0.297 e. The molecule has 1 atom stereocenters. The van der Waals surface area contributed by atoms with Crippen LogP contribution in [0.25, 0.3) is 11.0 Å². The number of fused-ring (bicyclic) bond motifs is 2. The number of ether oxygens (including phenoxy) is 1. The van der Waals surface area contributed by atoms with Crippen LogP contribution in [0.2, 0.25) is 0 Å². The van der Waals surface area contributed by atoms with Crippen LogP contribution in [0.1, 0.15) is 57.7 Å². The van der Waals surface area contributed by atoms with Crippen LogP contribution >= 0.6 is 11.3 Å². The zero-order valence-corrected chi connectivity index (χ0v) is 19.8. The fourth-order valence-corrected chi connectivity index (χ4v) is 4.87. The van der Waals surface area contributed by atoms with Crippen LogP contribution in [0.3, 0.4) is 0 Å². The highest BCUT2D eigenvalue weighted by Crippen LogP contribution is 2.42. The minimum absolute atomic E-state index is 0.0140. The molecular weight excluding hydrogens is 438 g/mol. The molecule has 1 unspecified atom stereocenters. The molecule has 5 rings (SSSR count). The second kappa shape index (κ2) is 7.81. The zero-order valence-electron chi connectivity index (χ0n) is 19.0. The molecule has 0 fully saturated rings. The number of aryl methyl sites for hydroxylation is 3. The minimum Gasteiger partial charge on any atom is -0.491 e. The van der Waals surface area contributed by atoms with Crippen molar-refractivity contribution in [3.8, 4) is 5.75 Å². The SMILES string of the molecule is Cc1nnc(N2C(=O)c3oc4cc(C)c(C)cc4c(=O)c3C2c2cccc(OC(C)C)c2)s1. The van der Waals surface area contributed by atoms with Gasteiger partial charge in [-0.25, -0.2) is 0 Å². The van der Waals surface area contributed by atoms with Gasteiger partial charge in [0.05, 0.1) is 23.1 Å². The van der Waals surface area contributed by atoms with E-state index in [4.69, 9.17) is 9.15 Å². The Morgan fingerprint density at radius 1 is 1.06 bits per heavy atom. The lowest BCUT2D eigenvalue weighted by Gasteiger charge is -2.22. The molecule has 0 saturated carbocycles. The van der Waals surface area contributed by atoms with Gasteiger partial charge in [0.15, 0.2) is 5.43 Å². The van der Waals surface area contributed by atoms with E-state index in [0.717, 1.165) is 21.7 Å². The lowest BCUT2D eigenvalue weighted by Crippen LogP contribution is -2.29. The Labute approximate surface area is 194 Å². The maximum absolute atomic E-state index is 13.8. The van der Waals surface area contributed by atoms with Crippen molar-refractivity contribution >= 4 is 33.3 Å². The number of anilines is 1. The number of rotatable bonds is 4. The summed E-state index contributed by atoms with van der Waals surface area (Å²) in [6.07, 6.45) is -0.0140. The van der Waals surface area contributed by atoms with Crippen molar-refractivity contribution in [2.24, 2.45) is 0 Å². The molecule has 0 spiro atoms. The zero-order chi connectivity index (χ0) is 23.4. The number of amides is 1. The van der Waals surface area contributed by atoms with Crippen LogP contribution in [0.4, 0.5) is 5.13 Å². The van der Waals surface area contributed by atoms with Gasteiger partial charge in [-0.05, 0) is 75.6 Å². The average molecular weight is 462 g/mol. The topological polar surface area (TPSA) is 85.5 Å². The van der Waals surface area contributed by atoms with Crippen molar-refractivity contribution < 1.29 is 13.9 Å². The van der Waals surface area contributed by atoms with E-state index >= 15 is 0 Å². The third kappa shape index (κ3) is 3.51. The monoisotopic (exact) mass is 461 g/mol.